The van der Waals surface area contributed by atoms with E-state index in [1.54, 1.807) is 12.1 Å². The maximum atomic E-state index is 13.2. The summed E-state index contributed by atoms with van der Waals surface area (Å²) in [7, 11) is 0. The lowest BCUT2D eigenvalue weighted by atomic mass is 9.91. The average Bonchev–Trinajstić information content (AvgIpc) is 2.32. The molecule has 0 fully saturated rings. The van der Waals surface area contributed by atoms with E-state index in [9.17, 15) is 4.39 Å². The lowest BCUT2D eigenvalue weighted by Crippen LogP contribution is -2.16. The normalized spacial score (nSPS) is 12.5. The molecule has 3 heteroatoms. The molecule has 0 spiro atoms. The zero-order valence-electron chi connectivity index (χ0n) is 12.0. The van der Waals surface area contributed by atoms with Crippen molar-refractivity contribution in [3.63, 3.8) is 0 Å². The van der Waals surface area contributed by atoms with Crippen LogP contribution in [0.15, 0.2) is 30.3 Å². The molecule has 2 aromatic rings. The number of rotatable bonds is 3. The predicted octanol–water partition coefficient (Wildman–Crippen LogP) is 4.65. The van der Waals surface area contributed by atoms with Crippen LogP contribution in [-0.4, -0.2) is 0 Å². The van der Waals surface area contributed by atoms with Crippen LogP contribution in [0, 0.1) is 26.6 Å². The Morgan fingerprint density at radius 1 is 1.10 bits per heavy atom. The first-order chi connectivity index (χ1) is 9.38. The Kier molecular flexibility index (Phi) is 4.46. The number of hydrogen-bond acceptors (Lipinski definition) is 1. The first kappa shape index (κ1) is 15.0. The number of nitrogens with two attached hydrogens (primary N) is 1. The Hall–Kier alpha value is -1.38. The van der Waals surface area contributed by atoms with E-state index in [1.807, 2.05) is 0 Å². The third kappa shape index (κ3) is 3.20. The summed E-state index contributed by atoms with van der Waals surface area (Å²) in [6.45, 7) is 6.23. The van der Waals surface area contributed by atoms with Crippen LogP contribution in [0.5, 0.6) is 0 Å². The molecule has 0 aliphatic heterocycles. The van der Waals surface area contributed by atoms with E-state index in [4.69, 9.17) is 17.3 Å². The maximum Gasteiger partial charge on any atom is 0.141 e. The van der Waals surface area contributed by atoms with Gasteiger partial charge in [-0.15, -0.1) is 0 Å². The molecule has 0 amide bonds. The molecule has 0 aliphatic carbocycles. The van der Waals surface area contributed by atoms with E-state index < -0.39 is 5.82 Å². The molecule has 0 heterocycles. The van der Waals surface area contributed by atoms with Crippen LogP contribution >= 0.6 is 11.6 Å². The minimum atomic E-state index is -0.397. The zero-order valence-corrected chi connectivity index (χ0v) is 12.8. The lowest BCUT2D eigenvalue weighted by Gasteiger charge is -2.18. The summed E-state index contributed by atoms with van der Waals surface area (Å²) in [6.07, 6.45) is 0.644. The molecule has 0 saturated heterocycles. The second kappa shape index (κ2) is 5.94. The van der Waals surface area contributed by atoms with Gasteiger partial charge in [-0.2, -0.15) is 0 Å². The molecule has 2 N–H and O–H groups in total. The van der Waals surface area contributed by atoms with Crippen molar-refractivity contribution in [2.45, 2.75) is 33.2 Å². The summed E-state index contributed by atoms with van der Waals surface area (Å²) in [6, 6.07) is 8.94. The SMILES string of the molecule is Cc1cc(C)c(C(N)Cc2ccc(F)c(Cl)c2)c(C)c1. The Morgan fingerprint density at radius 2 is 1.70 bits per heavy atom. The Bertz CT molecular complexity index is 614. The molecule has 2 aromatic carbocycles. The fourth-order valence-corrected chi connectivity index (χ4v) is 3.00. The highest BCUT2D eigenvalue weighted by Crippen LogP contribution is 2.26. The summed E-state index contributed by atoms with van der Waals surface area (Å²) >= 11 is 5.81. The first-order valence-electron chi connectivity index (χ1n) is 6.65. The molecule has 0 bridgehead atoms. The second-order valence-electron chi connectivity index (χ2n) is 5.37. The number of hydrogen-bond donors (Lipinski definition) is 1. The molecule has 2 rings (SSSR count). The van der Waals surface area contributed by atoms with Gasteiger partial charge >= 0.3 is 0 Å². The van der Waals surface area contributed by atoms with Gasteiger partial charge in [0, 0.05) is 6.04 Å². The van der Waals surface area contributed by atoms with Crippen molar-refractivity contribution in [1.29, 1.82) is 0 Å². The van der Waals surface area contributed by atoms with Gasteiger partial charge in [-0.05, 0) is 61.6 Å². The molecule has 0 saturated carbocycles. The fourth-order valence-electron chi connectivity index (χ4n) is 2.80. The van der Waals surface area contributed by atoms with Gasteiger partial charge in [-0.3, -0.25) is 0 Å². The highest BCUT2D eigenvalue weighted by molar-refractivity contribution is 6.30. The Labute approximate surface area is 124 Å². The predicted molar refractivity (Wildman–Crippen MR) is 82.7 cm³/mol. The molecule has 0 aliphatic rings. The van der Waals surface area contributed by atoms with Gasteiger partial charge in [-0.25, -0.2) is 4.39 Å². The molecule has 1 atom stereocenters. The van der Waals surface area contributed by atoms with Gasteiger partial charge < -0.3 is 5.73 Å². The third-order valence-electron chi connectivity index (χ3n) is 3.55. The summed E-state index contributed by atoms with van der Waals surface area (Å²) in [5.41, 5.74) is 12.1. The molecular formula is C17H19ClFN. The summed E-state index contributed by atoms with van der Waals surface area (Å²) in [5, 5.41) is 0.145. The minimum absolute atomic E-state index is 0.114. The molecule has 1 nitrogen and oxygen atoms in total. The standard InChI is InChI=1S/C17H19ClFN/c1-10-6-11(2)17(12(3)7-10)16(20)9-13-4-5-15(19)14(18)8-13/h4-8,16H,9,20H2,1-3H3. The van der Waals surface area contributed by atoms with Crippen LogP contribution in [0.3, 0.4) is 0 Å². The monoisotopic (exact) mass is 291 g/mol. The topological polar surface area (TPSA) is 26.0 Å². The van der Waals surface area contributed by atoms with Gasteiger partial charge in [0.25, 0.3) is 0 Å². The lowest BCUT2D eigenvalue weighted by molar-refractivity contribution is 0.626. The highest BCUT2D eigenvalue weighted by atomic mass is 35.5. The van der Waals surface area contributed by atoms with Crippen LogP contribution in [0.2, 0.25) is 5.02 Å². The fraction of sp³-hybridized carbons (Fsp3) is 0.294. The van der Waals surface area contributed by atoms with Crippen molar-refractivity contribution in [2.24, 2.45) is 5.73 Å². The van der Waals surface area contributed by atoms with E-state index in [1.165, 1.54) is 22.8 Å². The van der Waals surface area contributed by atoms with E-state index in [-0.39, 0.29) is 11.1 Å². The van der Waals surface area contributed by atoms with Crippen molar-refractivity contribution in [1.82, 2.24) is 0 Å². The number of benzene rings is 2. The van der Waals surface area contributed by atoms with Gasteiger partial charge in [0.15, 0.2) is 0 Å². The molecular weight excluding hydrogens is 273 g/mol. The smallest absolute Gasteiger partial charge is 0.141 e. The summed E-state index contributed by atoms with van der Waals surface area (Å²) in [4.78, 5) is 0. The minimum Gasteiger partial charge on any atom is -0.324 e. The van der Waals surface area contributed by atoms with E-state index in [0.29, 0.717) is 6.42 Å². The van der Waals surface area contributed by atoms with Crippen molar-refractivity contribution in [3.05, 3.63) is 69.0 Å². The number of aryl methyl sites for hydroxylation is 3. The molecule has 20 heavy (non-hydrogen) atoms. The summed E-state index contributed by atoms with van der Waals surface area (Å²) in [5.74, 6) is -0.397. The maximum absolute atomic E-state index is 13.2. The van der Waals surface area contributed by atoms with Crippen molar-refractivity contribution >= 4 is 11.6 Å². The van der Waals surface area contributed by atoms with E-state index in [0.717, 1.165) is 11.1 Å². The first-order valence-corrected chi connectivity index (χ1v) is 7.03. The van der Waals surface area contributed by atoms with Crippen LogP contribution in [0.25, 0.3) is 0 Å². The Balaban J connectivity index is 2.28. The van der Waals surface area contributed by atoms with Crippen LogP contribution in [-0.2, 0) is 6.42 Å². The third-order valence-corrected chi connectivity index (χ3v) is 3.84. The largest absolute Gasteiger partial charge is 0.324 e. The van der Waals surface area contributed by atoms with Crippen LogP contribution in [0.4, 0.5) is 4.39 Å². The molecule has 106 valence electrons. The van der Waals surface area contributed by atoms with E-state index in [2.05, 4.69) is 32.9 Å². The molecule has 0 radical (unpaired) electrons. The Morgan fingerprint density at radius 3 is 2.25 bits per heavy atom. The van der Waals surface area contributed by atoms with Crippen LogP contribution in [0.1, 0.15) is 33.9 Å². The van der Waals surface area contributed by atoms with Gasteiger partial charge in [0.1, 0.15) is 5.82 Å². The van der Waals surface area contributed by atoms with Crippen molar-refractivity contribution in [2.75, 3.05) is 0 Å². The quantitative estimate of drug-likeness (QED) is 0.875. The summed E-state index contributed by atoms with van der Waals surface area (Å²) < 4.78 is 13.2. The number of halogens is 2. The molecule has 0 aromatic heterocycles. The molecule has 1 unspecified atom stereocenters. The average molecular weight is 292 g/mol. The van der Waals surface area contributed by atoms with E-state index >= 15 is 0 Å². The van der Waals surface area contributed by atoms with Gasteiger partial charge in [0.05, 0.1) is 5.02 Å². The van der Waals surface area contributed by atoms with Gasteiger partial charge in [-0.1, -0.05) is 35.4 Å². The zero-order chi connectivity index (χ0) is 14.9. The highest BCUT2D eigenvalue weighted by Gasteiger charge is 2.14. The van der Waals surface area contributed by atoms with Gasteiger partial charge in [0.2, 0.25) is 0 Å². The van der Waals surface area contributed by atoms with Crippen molar-refractivity contribution < 1.29 is 4.39 Å². The van der Waals surface area contributed by atoms with Crippen LogP contribution < -0.4 is 5.73 Å². The van der Waals surface area contributed by atoms with Crippen molar-refractivity contribution in [3.8, 4) is 0 Å². The second-order valence-corrected chi connectivity index (χ2v) is 5.78.